The fourth-order valence-corrected chi connectivity index (χ4v) is 1.80. The molecule has 0 fully saturated rings. The fourth-order valence-electron chi connectivity index (χ4n) is 1.62. The summed E-state index contributed by atoms with van der Waals surface area (Å²) in [4.78, 5) is 10.9. The number of hydrogen-bond acceptors (Lipinski definition) is 2. The Morgan fingerprint density at radius 2 is 2.36 bits per heavy atom. The molecule has 0 unspecified atom stereocenters. The normalized spacial score (nSPS) is 19.6. The van der Waals surface area contributed by atoms with Gasteiger partial charge in [0.05, 0.1) is 12.5 Å². The van der Waals surface area contributed by atoms with Crippen LogP contribution in [0.2, 0.25) is 5.02 Å². The topological polar surface area (TPSA) is 46.5 Å². The standard InChI is InChI=1S/C10H9ClO3/c11-6-1-2-9-8(5-6)7(10(12)13)3-4-14-9/h1-2,5,7H,3-4H2,(H,12,13)/t7-/m1/s1. The van der Waals surface area contributed by atoms with Gasteiger partial charge in [0.1, 0.15) is 5.75 Å². The van der Waals surface area contributed by atoms with Gasteiger partial charge in [0.2, 0.25) is 0 Å². The maximum Gasteiger partial charge on any atom is 0.311 e. The van der Waals surface area contributed by atoms with E-state index in [4.69, 9.17) is 21.4 Å². The highest BCUT2D eigenvalue weighted by molar-refractivity contribution is 6.30. The molecular formula is C10H9ClO3. The van der Waals surface area contributed by atoms with E-state index in [0.29, 0.717) is 29.4 Å². The summed E-state index contributed by atoms with van der Waals surface area (Å²) in [5.74, 6) is -0.678. The first-order chi connectivity index (χ1) is 6.68. The number of ether oxygens (including phenoxy) is 1. The van der Waals surface area contributed by atoms with Gasteiger partial charge in [0.25, 0.3) is 0 Å². The summed E-state index contributed by atoms with van der Waals surface area (Å²) < 4.78 is 5.34. The summed E-state index contributed by atoms with van der Waals surface area (Å²) in [6.07, 6.45) is 0.503. The SMILES string of the molecule is O=C(O)[C@@H]1CCOc2ccc(Cl)cc21. The Labute approximate surface area is 86.3 Å². The minimum absolute atomic E-state index is 0.450. The zero-order valence-electron chi connectivity index (χ0n) is 7.37. The maximum absolute atomic E-state index is 10.9. The average molecular weight is 213 g/mol. The first-order valence-electron chi connectivity index (χ1n) is 4.33. The second kappa shape index (κ2) is 3.50. The Bertz CT molecular complexity index is 376. The van der Waals surface area contributed by atoms with Crippen LogP contribution >= 0.6 is 11.6 Å². The maximum atomic E-state index is 10.9. The lowest BCUT2D eigenvalue weighted by Gasteiger charge is -2.22. The highest BCUT2D eigenvalue weighted by Crippen LogP contribution is 2.35. The van der Waals surface area contributed by atoms with Gasteiger partial charge >= 0.3 is 5.97 Å². The summed E-state index contributed by atoms with van der Waals surface area (Å²) >= 11 is 5.80. The predicted octanol–water partition coefficient (Wildman–Crippen LogP) is 2.29. The highest BCUT2D eigenvalue weighted by atomic mass is 35.5. The van der Waals surface area contributed by atoms with Crippen molar-refractivity contribution in [1.29, 1.82) is 0 Å². The van der Waals surface area contributed by atoms with Crippen molar-refractivity contribution in [3.05, 3.63) is 28.8 Å². The molecule has 4 heteroatoms. The number of carboxylic acid groups (broad SMARTS) is 1. The zero-order valence-corrected chi connectivity index (χ0v) is 8.12. The molecule has 74 valence electrons. The lowest BCUT2D eigenvalue weighted by Crippen LogP contribution is -2.20. The molecule has 1 aromatic rings. The number of rotatable bonds is 1. The van der Waals surface area contributed by atoms with Crippen LogP contribution < -0.4 is 4.74 Å². The number of carboxylic acids is 1. The molecule has 0 radical (unpaired) electrons. The van der Waals surface area contributed by atoms with Crippen molar-refractivity contribution in [3.63, 3.8) is 0 Å². The van der Waals surface area contributed by atoms with Gasteiger partial charge in [-0.25, -0.2) is 0 Å². The molecule has 0 spiro atoms. The Balaban J connectivity index is 2.46. The van der Waals surface area contributed by atoms with Crippen LogP contribution in [-0.4, -0.2) is 17.7 Å². The fraction of sp³-hybridized carbons (Fsp3) is 0.300. The van der Waals surface area contributed by atoms with E-state index in [0.717, 1.165) is 0 Å². The predicted molar refractivity (Wildman–Crippen MR) is 51.9 cm³/mol. The van der Waals surface area contributed by atoms with Gasteiger partial charge in [-0.1, -0.05) is 11.6 Å². The van der Waals surface area contributed by atoms with Crippen LogP contribution in [0, 0.1) is 0 Å². The second-order valence-electron chi connectivity index (χ2n) is 3.21. The van der Waals surface area contributed by atoms with Gasteiger partial charge in [-0.3, -0.25) is 4.79 Å². The Hall–Kier alpha value is -1.22. The first-order valence-corrected chi connectivity index (χ1v) is 4.71. The van der Waals surface area contributed by atoms with Gasteiger partial charge in [-0.15, -0.1) is 0 Å². The number of hydrogen-bond donors (Lipinski definition) is 1. The van der Waals surface area contributed by atoms with Crippen molar-refractivity contribution >= 4 is 17.6 Å². The minimum Gasteiger partial charge on any atom is -0.493 e. The van der Waals surface area contributed by atoms with Crippen molar-refractivity contribution in [1.82, 2.24) is 0 Å². The van der Waals surface area contributed by atoms with Crippen LogP contribution in [-0.2, 0) is 4.79 Å². The number of fused-ring (bicyclic) bond motifs is 1. The molecule has 0 bridgehead atoms. The Morgan fingerprint density at radius 1 is 1.57 bits per heavy atom. The Morgan fingerprint density at radius 3 is 3.07 bits per heavy atom. The van der Waals surface area contributed by atoms with E-state index >= 15 is 0 Å². The molecule has 1 heterocycles. The largest absolute Gasteiger partial charge is 0.493 e. The van der Waals surface area contributed by atoms with Crippen molar-refractivity contribution in [2.45, 2.75) is 12.3 Å². The third kappa shape index (κ3) is 1.55. The Kier molecular flexibility index (Phi) is 2.33. The third-order valence-corrected chi connectivity index (χ3v) is 2.54. The van der Waals surface area contributed by atoms with Gasteiger partial charge in [-0.05, 0) is 24.6 Å². The van der Waals surface area contributed by atoms with Gasteiger partial charge in [-0.2, -0.15) is 0 Å². The number of halogens is 1. The van der Waals surface area contributed by atoms with Crippen molar-refractivity contribution < 1.29 is 14.6 Å². The summed E-state index contributed by atoms with van der Waals surface area (Å²) in [7, 11) is 0. The molecule has 1 atom stereocenters. The molecule has 2 rings (SSSR count). The van der Waals surface area contributed by atoms with Crippen LogP contribution in [0.1, 0.15) is 17.9 Å². The molecule has 0 saturated heterocycles. The molecule has 0 amide bonds. The van der Waals surface area contributed by atoms with Gasteiger partial charge < -0.3 is 9.84 Å². The minimum atomic E-state index is -0.822. The molecule has 1 aliphatic heterocycles. The van der Waals surface area contributed by atoms with Crippen molar-refractivity contribution in [2.75, 3.05) is 6.61 Å². The lowest BCUT2D eigenvalue weighted by atomic mass is 9.93. The van der Waals surface area contributed by atoms with Crippen LogP contribution in [0.4, 0.5) is 0 Å². The smallest absolute Gasteiger partial charge is 0.311 e. The molecule has 1 aliphatic rings. The molecule has 3 nitrogen and oxygen atoms in total. The van der Waals surface area contributed by atoms with Crippen LogP contribution in [0.15, 0.2) is 18.2 Å². The average Bonchev–Trinajstić information content (AvgIpc) is 2.16. The molecule has 0 aromatic heterocycles. The molecule has 1 N–H and O–H groups in total. The molecular weight excluding hydrogens is 204 g/mol. The number of benzene rings is 1. The lowest BCUT2D eigenvalue weighted by molar-refractivity contribution is -0.139. The molecule has 0 aliphatic carbocycles. The van der Waals surface area contributed by atoms with Crippen LogP contribution in [0.3, 0.4) is 0 Å². The summed E-state index contributed by atoms with van der Waals surface area (Å²) in [6, 6.07) is 5.08. The summed E-state index contributed by atoms with van der Waals surface area (Å²) in [5.41, 5.74) is 0.677. The van der Waals surface area contributed by atoms with E-state index in [1.807, 2.05) is 0 Å². The molecule has 0 saturated carbocycles. The number of carbonyl (C=O) groups is 1. The zero-order chi connectivity index (χ0) is 10.1. The first kappa shape index (κ1) is 9.34. The van der Waals surface area contributed by atoms with E-state index in [2.05, 4.69) is 0 Å². The second-order valence-corrected chi connectivity index (χ2v) is 3.65. The van der Waals surface area contributed by atoms with Gasteiger partial charge in [0, 0.05) is 10.6 Å². The third-order valence-electron chi connectivity index (χ3n) is 2.31. The van der Waals surface area contributed by atoms with E-state index in [1.54, 1.807) is 18.2 Å². The molecule has 14 heavy (non-hydrogen) atoms. The highest BCUT2D eigenvalue weighted by Gasteiger charge is 2.27. The summed E-state index contributed by atoms with van der Waals surface area (Å²) in [5, 5.41) is 9.52. The summed E-state index contributed by atoms with van der Waals surface area (Å²) in [6.45, 7) is 0.450. The number of aliphatic carboxylic acids is 1. The monoisotopic (exact) mass is 212 g/mol. The van der Waals surface area contributed by atoms with E-state index < -0.39 is 11.9 Å². The quantitative estimate of drug-likeness (QED) is 0.777. The van der Waals surface area contributed by atoms with E-state index in [9.17, 15) is 4.79 Å². The molecule has 1 aromatic carbocycles. The van der Waals surface area contributed by atoms with Gasteiger partial charge in [0.15, 0.2) is 0 Å². The van der Waals surface area contributed by atoms with Crippen molar-refractivity contribution in [2.24, 2.45) is 0 Å². The van der Waals surface area contributed by atoms with Crippen LogP contribution in [0.25, 0.3) is 0 Å². The van der Waals surface area contributed by atoms with Crippen molar-refractivity contribution in [3.8, 4) is 5.75 Å². The van der Waals surface area contributed by atoms with E-state index in [1.165, 1.54) is 0 Å². The van der Waals surface area contributed by atoms with E-state index in [-0.39, 0.29) is 0 Å². The van der Waals surface area contributed by atoms with Crippen LogP contribution in [0.5, 0.6) is 5.75 Å².